The fourth-order valence-corrected chi connectivity index (χ4v) is 1.67. The van der Waals surface area contributed by atoms with Gasteiger partial charge in [-0.15, -0.1) is 0 Å². The number of pyridine rings is 1. The summed E-state index contributed by atoms with van der Waals surface area (Å²) in [6.07, 6.45) is 0. The number of hydrogen-bond acceptors (Lipinski definition) is 2. The molecule has 1 heterocycles. The largest absolute Gasteiger partial charge is 0.384 e. The number of nitrogens with two attached hydrogens (primary N) is 1. The quantitative estimate of drug-likeness (QED) is 0.697. The second kappa shape index (κ2) is 2.89. The smallest absolute Gasteiger partial charge is 0.124 e. The van der Waals surface area contributed by atoms with Gasteiger partial charge in [-0.25, -0.2) is 4.98 Å². The van der Waals surface area contributed by atoms with Crippen LogP contribution < -0.4 is 5.73 Å². The zero-order chi connectivity index (χ0) is 9.42. The van der Waals surface area contributed by atoms with Gasteiger partial charge in [0.2, 0.25) is 0 Å². The van der Waals surface area contributed by atoms with Crippen LogP contribution in [0.4, 0.5) is 5.82 Å². The summed E-state index contributed by atoms with van der Waals surface area (Å²) >= 11 is 6.02. The SMILES string of the molecule is Cc1cc(Cl)c2nc(N)ccc2c1. The van der Waals surface area contributed by atoms with Crippen LogP contribution in [-0.4, -0.2) is 4.98 Å². The number of fused-ring (bicyclic) bond motifs is 1. The van der Waals surface area contributed by atoms with Gasteiger partial charge in [0.25, 0.3) is 0 Å². The Labute approximate surface area is 81.3 Å². The first-order valence-corrected chi connectivity index (χ1v) is 4.37. The second-order valence-corrected chi connectivity index (χ2v) is 3.46. The highest BCUT2D eigenvalue weighted by molar-refractivity contribution is 6.35. The summed E-state index contributed by atoms with van der Waals surface area (Å²) in [6, 6.07) is 7.62. The van der Waals surface area contributed by atoms with Crippen LogP contribution in [0.2, 0.25) is 5.02 Å². The van der Waals surface area contributed by atoms with Crippen molar-refractivity contribution in [3.05, 3.63) is 34.9 Å². The molecule has 13 heavy (non-hydrogen) atoms. The van der Waals surface area contributed by atoms with E-state index in [0.717, 1.165) is 16.5 Å². The van der Waals surface area contributed by atoms with Crippen molar-refractivity contribution in [3.8, 4) is 0 Å². The van der Waals surface area contributed by atoms with E-state index in [1.165, 1.54) is 0 Å². The van der Waals surface area contributed by atoms with Crippen LogP contribution in [0.15, 0.2) is 24.3 Å². The van der Waals surface area contributed by atoms with Gasteiger partial charge in [-0.3, -0.25) is 0 Å². The minimum Gasteiger partial charge on any atom is -0.384 e. The number of hydrogen-bond donors (Lipinski definition) is 1. The predicted molar refractivity (Wildman–Crippen MR) is 55.9 cm³/mol. The van der Waals surface area contributed by atoms with Crippen LogP contribution in [-0.2, 0) is 0 Å². The van der Waals surface area contributed by atoms with E-state index in [4.69, 9.17) is 17.3 Å². The summed E-state index contributed by atoms with van der Waals surface area (Å²) < 4.78 is 0. The molecule has 66 valence electrons. The zero-order valence-corrected chi connectivity index (χ0v) is 7.97. The molecule has 0 aliphatic rings. The molecule has 1 aromatic carbocycles. The van der Waals surface area contributed by atoms with E-state index in [0.29, 0.717) is 10.8 Å². The van der Waals surface area contributed by atoms with Gasteiger partial charge in [0.1, 0.15) is 5.82 Å². The highest BCUT2D eigenvalue weighted by Gasteiger charge is 2.01. The molecular formula is C10H9ClN2. The lowest BCUT2D eigenvalue weighted by atomic mass is 10.1. The lowest BCUT2D eigenvalue weighted by Gasteiger charge is -2.02. The fraction of sp³-hybridized carbons (Fsp3) is 0.100. The number of nitrogen functional groups attached to an aromatic ring is 1. The lowest BCUT2D eigenvalue weighted by Crippen LogP contribution is -1.90. The third kappa shape index (κ3) is 1.45. The molecule has 0 aliphatic carbocycles. The van der Waals surface area contributed by atoms with Crippen LogP contribution in [0.25, 0.3) is 10.9 Å². The number of rotatable bonds is 0. The minimum atomic E-state index is 0.498. The van der Waals surface area contributed by atoms with Crippen molar-refractivity contribution in [1.29, 1.82) is 0 Å². The van der Waals surface area contributed by atoms with Gasteiger partial charge in [-0.1, -0.05) is 11.6 Å². The first-order chi connectivity index (χ1) is 6.16. The topological polar surface area (TPSA) is 38.9 Å². The van der Waals surface area contributed by atoms with Crippen LogP contribution in [0.5, 0.6) is 0 Å². The van der Waals surface area contributed by atoms with E-state index < -0.39 is 0 Å². The maximum absolute atomic E-state index is 6.02. The Morgan fingerprint density at radius 3 is 2.85 bits per heavy atom. The lowest BCUT2D eigenvalue weighted by molar-refractivity contribution is 1.40. The average molecular weight is 193 g/mol. The second-order valence-electron chi connectivity index (χ2n) is 3.05. The van der Waals surface area contributed by atoms with Gasteiger partial charge in [0.15, 0.2) is 0 Å². The Morgan fingerprint density at radius 1 is 1.31 bits per heavy atom. The first-order valence-electron chi connectivity index (χ1n) is 3.99. The zero-order valence-electron chi connectivity index (χ0n) is 7.21. The monoisotopic (exact) mass is 192 g/mol. The molecule has 3 heteroatoms. The maximum Gasteiger partial charge on any atom is 0.124 e. The van der Waals surface area contributed by atoms with Gasteiger partial charge in [-0.2, -0.15) is 0 Å². The van der Waals surface area contributed by atoms with E-state index in [9.17, 15) is 0 Å². The summed E-state index contributed by atoms with van der Waals surface area (Å²) in [5.74, 6) is 0.498. The molecule has 0 unspecified atom stereocenters. The van der Waals surface area contributed by atoms with Crippen LogP contribution >= 0.6 is 11.6 Å². The molecule has 0 atom stereocenters. The molecule has 1 aromatic heterocycles. The van der Waals surface area contributed by atoms with Crippen LogP contribution in [0, 0.1) is 6.92 Å². The average Bonchev–Trinajstić information content (AvgIpc) is 2.06. The molecule has 0 radical (unpaired) electrons. The number of aromatic nitrogens is 1. The molecular weight excluding hydrogens is 184 g/mol. The highest BCUT2D eigenvalue weighted by atomic mass is 35.5. The third-order valence-electron chi connectivity index (χ3n) is 1.91. The van der Waals surface area contributed by atoms with Gasteiger partial charge >= 0.3 is 0 Å². The molecule has 0 amide bonds. The Balaban J connectivity index is 2.87. The van der Waals surface area contributed by atoms with E-state index in [2.05, 4.69) is 4.98 Å². The van der Waals surface area contributed by atoms with Crippen LogP contribution in [0.1, 0.15) is 5.56 Å². The summed E-state index contributed by atoms with van der Waals surface area (Å²) in [4.78, 5) is 4.16. The van der Waals surface area contributed by atoms with E-state index in [-0.39, 0.29) is 0 Å². The predicted octanol–water partition coefficient (Wildman–Crippen LogP) is 2.78. The fourth-order valence-electron chi connectivity index (χ4n) is 1.35. The standard InChI is InChI=1S/C10H9ClN2/c1-6-4-7-2-3-9(12)13-10(7)8(11)5-6/h2-5H,1H3,(H2,12,13). The Bertz CT molecular complexity index is 466. The van der Waals surface area contributed by atoms with Gasteiger partial charge in [0, 0.05) is 5.39 Å². The first kappa shape index (κ1) is 8.32. The molecule has 0 spiro atoms. The number of halogens is 1. The van der Waals surface area contributed by atoms with E-state index in [1.807, 2.05) is 25.1 Å². The Hall–Kier alpha value is -1.28. The van der Waals surface area contributed by atoms with Crippen molar-refractivity contribution >= 4 is 28.3 Å². The molecule has 2 N–H and O–H groups in total. The molecule has 0 bridgehead atoms. The van der Waals surface area contributed by atoms with Gasteiger partial charge < -0.3 is 5.73 Å². The number of benzene rings is 1. The Kier molecular flexibility index (Phi) is 1.85. The number of aryl methyl sites for hydroxylation is 1. The van der Waals surface area contributed by atoms with E-state index in [1.54, 1.807) is 6.07 Å². The minimum absolute atomic E-state index is 0.498. The van der Waals surface area contributed by atoms with Crippen LogP contribution in [0.3, 0.4) is 0 Å². The van der Waals surface area contributed by atoms with Gasteiger partial charge in [0.05, 0.1) is 10.5 Å². The maximum atomic E-state index is 6.02. The normalized spacial score (nSPS) is 10.6. The summed E-state index contributed by atoms with van der Waals surface area (Å²) in [6.45, 7) is 2.00. The third-order valence-corrected chi connectivity index (χ3v) is 2.20. The molecule has 0 saturated carbocycles. The number of anilines is 1. The van der Waals surface area contributed by atoms with Crippen molar-refractivity contribution in [2.24, 2.45) is 0 Å². The molecule has 0 fully saturated rings. The summed E-state index contributed by atoms with van der Waals surface area (Å²) in [5.41, 5.74) is 7.46. The molecule has 0 saturated heterocycles. The molecule has 2 aromatic rings. The molecule has 0 aliphatic heterocycles. The summed E-state index contributed by atoms with van der Waals surface area (Å²) in [7, 11) is 0. The molecule has 2 nitrogen and oxygen atoms in total. The summed E-state index contributed by atoms with van der Waals surface area (Å²) in [5, 5.41) is 1.68. The van der Waals surface area contributed by atoms with E-state index >= 15 is 0 Å². The van der Waals surface area contributed by atoms with Crippen molar-refractivity contribution in [3.63, 3.8) is 0 Å². The molecule has 2 rings (SSSR count). The number of nitrogens with zero attached hydrogens (tertiary/aromatic N) is 1. The van der Waals surface area contributed by atoms with Crippen molar-refractivity contribution in [2.75, 3.05) is 5.73 Å². The van der Waals surface area contributed by atoms with Crippen molar-refractivity contribution < 1.29 is 0 Å². The van der Waals surface area contributed by atoms with Crippen molar-refractivity contribution in [2.45, 2.75) is 6.92 Å². The van der Waals surface area contributed by atoms with Crippen molar-refractivity contribution in [1.82, 2.24) is 4.98 Å². The highest BCUT2D eigenvalue weighted by Crippen LogP contribution is 2.24. The van der Waals surface area contributed by atoms with Gasteiger partial charge in [-0.05, 0) is 36.8 Å². The Morgan fingerprint density at radius 2 is 2.08 bits per heavy atom.